The quantitative estimate of drug-likeness (QED) is 0.791. The molecule has 0 aliphatic rings. The van der Waals surface area contributed by atoms with E-state index in [4.69, 9.17) is 11.6 Å². The number of halogens is 2. The molecule has 6 heteroatoms. The number of esters is 1. The average molecular weight is 314 g/mol. The molecule has 0 saturated heterocycles. The Balaban J connectivity index is 2.02. The lowest BCUT2D eigenvalue weighted by Gasteiger charge is -2.01. The van der Waals surface area contributed by atoms with Crippen molar-refractivity contribution in [2.45, 2.75) is 19.3 Å². The summed E-state index contributed by atoms with van der Waals surface area (Å²) in [7, 11) is 1.36. The fourth-order valence-corrected chi connectivity index (χ4v) is 2.77. The maximum absolute atomic E-state index is 13.8. The molecule has 2 rings (SSSR count). The lowest BCUT2D eigenvalue weighted by molar-refractivity contribution is -0.140. The number of aromatic nitrogens is 1. The fourth-order valence-electron chi connectivity index (χ4n) is 1.73. The molecule has 2 aromatic rings. The summed E-state index contributed by atoms with van der Waals surface area (Å²) in [6.07, 6.45) is 1.22. The third-order valence-corrected chi connectivity index (χ3v) is 3.98. The van der Waals surface area contributed by atoms with E-state index in [9.17, 15) is 9.18 Å². The molecule has 20 heavy (non-hydrogen) atoms. The van der Waals surface area contributed by atoms with Crippen LogP contribution in [-0.4, -0.2) is 18.1 Å². The predicted octanol–water partition coefficient (Wildman–Crippen LogP) is 3.63. The molecule has 0 saturated carbocycles. The maximum atomic E-state index is 13.8. The van der Waals surface area contributed by atoms with E-state index < -0.39 is 5.82 Å². The molecule has 1 aromatic carbocycles. The van der Waals surface area contributed by atoms with Gasteiger partial charge < -0.3 is 4.74 Å². The molecular weight excluding hydrogens is 301 g/mol. The van der Waals surface area contributed by atoms with E-state index in [1.165, 1.54) is 24.5 Å². The van der Waals surface area contributed by atoms with E-state index in [-0.39, 0.29) is 11.0 Å². The summed E-state index contributed by atoms with van der Waals surface area (Å²) < 4.78 is 18.4. The van der Waals surface area contributed by atoms with Crippen molar-refractivity contribution in [2.24, 2.45) is 0 Å². The van der Waals surface area contributed by atoms with Gasteiger partial charge in [0.25, 0.3) is 0 Å². The Hall–Kier alpha value is -1.46. The normalized spacial score (nSPS) is 10.6. The van der Waals surface area contributed by atoms with Gasteiger partial charge in [-0.05, 0) is 11.6 Å². The monoisotopic (exact) mass is 313 g/mol. The zero-order chi connectivity index (χ0) is 14.5. The molecule has 0 spiro atoms. The van der Waals surface area contributed by atoms with Crippen LogP contribution < -0.4 is 0 Å². The first-order valence-corrected chi connectivity index (χ1v) is 7.29. The molecule has 0 unspecified atom stereocenters. The minimum absolute atomic E-state index is 0.116. The SMILES string of the molecule is COC(=O)CCc1csc(Cc2cccc(Cl)c2F)n1. The maximum Gasteiger partial charge on any atom is 0.305 e. The summed E-state index contributed by atoms with van der Waals surface area (Å²) in [5, 5.41) is 2.79. The molecule has 106 valence electrons. The topological polar surface area (TPSA) is 39.2 Å². The van der Waals surface area contributed by atoms with Crippen LogP contribution in [0.4, 0.5) is 4.39 Å². The van der Waals surface area contributed by atoms with E-state index in [0.29, 0.717) is 24.8 Å². The van der Waals surface area contributed by atoms with Crippen LogP contribution in [-0.2, 0) is 22.4 Å². The fraction of sp³-hybridized carbons (Fsp3) is 0.286. The number of methoxy groups -OCH3 is 1. The molecule has 0 aliphatic carbocycles. The third kappa shape index (κ3) is 3.77. The molecule has 0 N–H and O–H groups in total. The van der Waals surface area contributed by atoms with Crippen molar-refractivity contribution in [1.82, 2.24) is 4.98 Å². The summed E-state index contributed by atoms with van der Waals surface area (Å²) in [6.45, 7) is 0. The van der Waals surface area contributed by atoms with Gasteiger partial charge >= 0.3 is 5.97 Å². The van der Waals surface area contributed by atoms with Gasteiger partial charge in [-0.3, -0.25) is 4.79 Å². The van der Waals surface area contributed by atoms with E-state index >= 15 is 0 Å². The largest absolute Gasteiger partial charge is 0.469 e. The highest BCUT2D eigenvalue weighted by molar-refractivity contribution is 7.09. The zero-order valence-electron chi connectivity index (χ0n) is 10.9. The molecule has 0 radical (unpaired) electrons. The van der Waals surface area contributed by atoms with Gasteiger partial charge in [0, 0.05) is 18.2 Å². The second kappa shape index (κ2) is 6.81. The van der Waals surface area contributed by atoms with Crippen LogP contribution in [0.3, 0.4) is 0 Å². The minimum atomic E-state index is -0.402. The van der Waals surface area contributed by atoms with Gasteiger partial charge in [0.1, 0.15) is 5.82 Å². The summed E-state index contributed by atoms with van der Waals surface area (Å²) in [4.78, 5) is 15.4. The number of aryl methyl sites for hydroxylation is 1. The zero-order valence-corrected chi connectivity index (χ0v) is 12.4. The van der Waals surface area contributed by atoms with Crippen molar-refractivity contribution in [3.63, 3.8) is 0 Å². The lowest BCUT2D eigenvalue weighted by atomic mass is 10.1. The number of hydrogen-bond acceptors (Lipinski definition) is 4. The summed E-state index contributed by atoms with van der Waals surface area (Å²) in [6, 6.07) is 4.92. The smallest absolute Gasteiger partial charge is 0.305 e. The number of nitrogens with zero attached hydrogens (tertiary/aromatic N) is 1. The number of carbonyl (C=O) groups is 1. The van der Waals surface area contributed by atoms with Crippen LogP contribution in [0.2, 0.25) is 5.02 Å². The lowest BCUT2D eigenvalue weighted by Crippen LogP contribution is -2.02. The Kier molecular flexibility index (Phi) is 5.09. The van der Waals surface area contributed by atoms with Gasteiger partial charge in [0.2, 0.25) is 0 Å². The first kappa shape index (κ1) is 14.9. The van der Waals surface area contributed by atoms with E-state index in [0.717, 1.165) is 10.7 Å². The summed E-state index contributed by atoms with van der Waals surface area (Å²) in [5.74, 6) is -0.666. The van der Waals surface area contributed by atoms with Crippen molar-refractivity contribution >= 4 is 28.9 Å². The average Bonchev–Trinajstić information content (AvgIpc) is 2.89. The Labute approximate surface area is 125 Å². The molecule has 0 bridgehead atoms. The van der Waals surface area contributed by atoms with E-state index in [2.05, 4.69) is 9.72 Å². The van der Waals surface area contributed by atoms with Gasteiger partial charge in [-0.15, -0.1) is 11.3 Å². The Bertz CT molecular complexity index is 615. The first-order chi connectivity index (χ1) is 9.60. The summed E-state index contributed by atoms with van der Waals surface area (Å²) >= 11 is 7.19. The molecule has 3 nitrogen and oxygen atoms in total. The van der Waals surface area contributed by atoms with Crippen molar-refractivity contribution in [3.8, 4) is 0 Å². The molecule has 0 aliphatic heterocycles. The number of benzene rings is 1. The molecular formula is C14H13ClFNO2S. The highest BCUT2D eigenvalue weighted by Crippen LogP contribution is 2.22. The highest BCUT2D eigenvalue weighted by atomic mass is 35.5. The van der Waals surface area contributed by atoms with Crippen molar-refractivity contribution in [3.05, 3.63) is 50.7 Å². The van der Waals surface area contributed by atoms with Crippen molar-refractivity contribution in [1.29, 1.82) is 0 Å². The minimum Gasteiger partial charge on any atom is -0.469 e. The Morgan fingerprint density at radius 1 is 1.50 bits per heavy atom. The molecule has 0 amide bonds. The second-order valence-corrected chi connectivity index (χ2v) is 5.55. The number of carbonyl (C=O) groups excluding carboxylic acids is 1. The number of ether oxygens (including phenoxy) is 1. The van der Waals surface area contributed by atoms with Gasteiger partial charge in [-0.2, -0.15) is 0 Å². The van der Waals surface area contributed by atoms with Gasteiger partial charge in [-0.1, -0.05) is 23.7 Å². The standard InChI is InChI=1S/C14H13ClFNO2S/c1-19-13(18)6-5-10-8-20-12(17-10)7-9-3-2-4-11(15)14(9)16/h2-4,8H,5-7H2,1H3. The number of hydrogen-bond donors (Lipinski definition) is 0. The van der Waals surface area contributed by atoms with Crippen LogP contribution in [0.5, 0.6) is 0 Å². The summed E-state index contributed by atoms with van der Waals surface area (Å²) in [5.41, 5.74) is 1.34. The number of rotatable bonds is 5. The molecule has 1 heterocycles. The second-order valence-electron chi connectivity index (χ2n) is 4.20. The van der Waals surface area contributed by atoms with Crippen LogP contribution in [0, 0.1) is 5.82 Å². The number of thiazole rings is 1. The molecule has 0 fully saturated rings. The van der Waals surface area contributed by atoms with Crippen LogP contribution in [0.1, 0.15) is 22.7 Å². The third-order valence-electron chi connectivity index (χ3n) is 2.79. The van der Waals surface area contributed by atoms with E-state index in [1.807, 2.05) is 5.38 Å². The first-order valence-electron chi connectivity index (χ1n) is 6.03. The van der Waals surface area contributed by atoms with E-state index in [1.54, 1.807) is 12.1 Å². The highest BCUT2D eigenvalue weighted by Gasteiger charge is 2.10. The van der Waals surface area contributed by atoms with Crippen LogP contribution in [0.25, 0.3) is 0 Å². The van der Waals surface area contributed by atoms with Gasteiger partial charge in [0.15, 0.2) is 0 Å². The van der Waals surface area contributed by atoms with Crippen molar-refractivity contribution < 1.29 is 13.9 Å². The van der Waals surface area contributed by atoms with Crippen molar-refractivity contribution in [2.75, 3.05) is 7.11 Å². The van der Waals surface area contributed by atoms with Crippen LogP contribution in [0.15, 0.2) is 23.6 Å². The molecule has 1 aromatic heterocycles. The van der Waals surface area contributed by atoms with Gasteiger partial charge in [0.05, 0.1) is 29.3 Å². The van der Waals surface area contributed by atoms with Crippen LogP contribution >= 0.6 is 22.9 Å². The van der Waals surface area contributed by atoms with Gasteiger partial charge in [-0.25, -0.2) is 9.37 Å². The predicted molar refractivity (Wildman–Crippen MR) is 76.7 cm³/mol. The Morgan fingerprint density at radius 3 is 3.05 bits per heavy atom. The molecule has 0 atom stereocenters. The Morgan fingerprint density at radius 2 is 2.30 bits per heavy atom.